The molecule has 3 amide bonds. The maximum atomic E-state index is 12.9. The fourth-order valence-electron chi connectivity index (χ4n) is 3.29. The molecule has 0 spiro atoms. The van der Waals surface area contributed by atoms with Crippen LogP contribution in [0.25, 0.3) is 0 Å². The van der Waals surface area contributed by atoms with E-state index >= 15 is 0 Å². The Morgan fingerprint density at radius 3 is 2.32 bits per heavy atom. The van der Waals surface area contributed by atoms with Crippen molar-refractivity contribution in [2.75, 3.05) is 0 Å². The van der Waals surface area contributed by atoms with Gasteiger partial charge in [0, 0.05) is 37.7 Å². The Morgan fingerprint density at radius 1 is 1.00 bits per heavy atom. The van der Waals surface area contributed by atoms with E-state index in [1.807, 2.05) is 50.2 Å². The smallest absolute Gasteiger partial charge is 0.244 e. The van der Waals surface area contributed by atoms with Gasteiger partial charge in [-0.3, -0.25) is 24.6 Å². The zero-order chi connectivity index (χ0) is 22.6. The third-order valence-electron chi connectivity index (χ3n) is 4.79. The molecule has 1 aromatic carbocycles. The van der Waals surface area contributed by atoms with Crippen LogP contribution in [-0.4, -0.2) is 34.0 Å². The number of aromatic nitrogens is 1. The van der Waals surface area contributed by atoms with Gasteiger partial charge < -0.3 is 10.6 Å². The Kier molecular flexibility index (Phi) is 9.64. The minimum Gasteiger partial charge on any atom is -0.350 e. The van der Waals surface area contributed by atoms with Crippen LogP contribution in [0.4, 0.5) is 0 Å². The van der Waals surface area contributed by atoms with Crippen LogP contribution in [0.2, 0.25) is 0 Å². The number of amides is 3. The lowest BCUT2D eigenvalue weighted by Gasteiger charge is -2.23. The molecule has 2 atom stereocenters. The van der Waals surface area contributed by atoms with Crippen LogP contribution >= 0.6 is 0 Å². The SMILES string of the molecule is CC(C)CC(CC(=O)NO)C(=O)NC(Cc1ccccc1)C(=O)NCc1cccnc1. The van der Waals surface area contributed by atoms with Crippen molar-refractivity contribution in [3.63, 3.8) is 0 Å². The van der Waals surface area contributed by atoms with Gasteiger partial charge in [0.05, 0.1) is 0 Å². The monoisotopic (exact) mass is 426 g/mol. The topological polar surface area (TPSA) is 120 Å². The number of carbonyl (C=O) groups is 3. The van der Waals surface area contributed by atoms with Gasteiger partial charge in [0.25, 0.3) is 0 Å². The fraction of sp³-hybridized carbons (Fsp3) is 0.391. The van der Waals surface area contributed by atoms with Gasteiger partial charge in [0.1, 0.15) is 6.04 Å². The first-order valence-corrected chi connectivity index (χ1v) is 10.3. The number of hydrogen-bond donors (Lipinski definition) is 4. The van der Waals surface area contributed by atoms with Gasteiger partial charge in [-0.2, -0.15) is 0 Å². The third-order valence-corrected chi connectivity index (χ3v) is 4.79. The lowest BCUT2D eigenvalue weighted by atomic mass is 9.92. The Balaban J connectivity index is 2.12. The summed E-state index contributed by atoms with van der Waals surface area (Å²) in [6.45, 7) is 4.18. The molecular formula is C23H30N4O4. The molecule has 8 heteroatoms. The number of nitrogens with one attached hydrogen (secondary N) is 3. The summed E-state index contributed by atoms with van der Waals surface area (Å²) in [4.78, 5) is 41.5. The van der Waals surface area contributed by atoms with Crippen LogP contribution in [0.1, 0.15) is 37.8 Å². The highest BCUT2D eigenvalue weighted by Gasteiger charge is 2.28. The first kappa shape index (κ1) is 24.0. The van der Waals surface area contributed by atoms with Gasteiger partial charge in [0.2, 0.25) is 17.7 Å². The molecule has 8 nitrogen and oxygen atoms in total. The summed E-state index contributed by atoms with van der Waals surface area (Å²) in [5.41, 5.74) is 3.32. The third kappa shape index (κ3) is 8.55. The second-order valence-electron chi connectivity index (χ2n) is 7.90. The zero-order valence-corrected chi connectivity index (χ0v) is 17.9. The first-order valence-electron chi connectivity index (χ1n) is 10.3. The van der Waals surface area contributed by atoms with E-state index in [1.165, 1.54) is 0 Å². The number of rotatable bonds is 11. The number of hydrogen-bond acceptors (Lipinski definition) is 5. The van der Waals surface area contributed by atoms with E-state index in [0.717, 1.165) is 11.1 Å². The van der Waals surface area contributed by atoms with Crippen molar-refractivity contribution in [3.8, 4) is 0 Å². The van der Waals surface area contributed by atoms with Crippen molar-refractivity contribution >= 4 is 17.7 Å². The van der Waals surface area contributed by atoms with Crippen molar-refractivity contribution < 1.29 is 19.6 Å². The average Bonchev–Trinajstić information content (AvgIpc) is 2.77. The molecule has 0 fully saturated rings. The summed E-state index contributed by atoms with van der Waals surface area (Å²) in [6, 6.07) is 12.2. The quantitative estimate of drug-likeness (QED) is 0.323. The summed E-state index contributed by atoms with van der Waals surface area (Å²) < 4.78 is 0. The molecule has 2 aromatic rings. The molecule has 2 unspecified atom stereocenters. The highest BCUT2D eigenvalue weighted by atomic mass is 16.5. The first-order chi connectivity index (χ1) is 14.9. The van der Waals surface area contributed by atoms with Gasteiger partial charge >= 0.3 is 0 Å². The van der Waals surface area contributed by atoms with Gasteiger partial charge in [-0.25, -0.2) is 5.48 Å². The molecule has 31 heavy (non-hydrogen) atoms. The Bertz CT molecular complexity index is 843. The fourth-order valence-corrected chi connectivity index (χ4v) is 3.29. The summed E-state index contributed by atoms with van der Waals surface area (Å²) in [5.74, 6) is -1.85. The Labute approximate surface area is 182 Å². The second-order valence-corrected chi connectivity index (χ2v) is 7.90. The summed E-state index contributed by atoms with van der Waals surface area (Å²) in [5, 5.41) is 14.5. The molecule has 0 aliphatic heterocycles. The molecule has 0 saturated carbocycles. The van der Waals surface area contributed by atoms with E-state index in [2.05, 4.69) is 15.6 Å². The molecule has 4 N–H and O–H groups in total. The van der Waals surface area contributed by atoms with E-state index in [1.54, 1.807) is 23.9 Å². The highest BCUT2D eigenvalue weighted by Crippen LogP contribution is 2.17. The lowest BCUT2D eigenvalue weighted by molar-refractivity contribution is -0.136. The molecule has 0 aliphatic rings. The van der Waals surface area contributed by atoms with Crippen molar-refractivity contribution in [1.29, 1.82) is 0 Å². The molecule has 2 rings (SSSR count). The van der Waals surface area contributed by atoms with Gasteiger partial charge in [-0.1, -0.05) is 50.2 Å². The van der Waals surface area contributed by atoms with Crippen LogP contribution in [0.5, 0.6) is 0 Å². The van der Waals surface area contributed by atoms with E-state index in [4.69, 9.17) is 5.21 Å². The highest BCUT2D eigenvalue weighted by molar-refractivity contribution is 5.90. The minimum absolute atomic E-state index is 0.157. The van der Waals surface area contributed by atoms with Gasteiger partial charge in [0.15, 0.2) is 0 Å². The molecule has 1 aromatic heterocycles. The van der Waals surface area contributed by atoms with Crippen LogP contribution in [0.15, 0.2) is 54.9 Å². The Morgan fingerprint density at radius 2 is 1.71 bits per heavy atom. The van der Waals surface area contributed by atoms with Crippen LogP contribution in [0.3, 0.4) is 0 Å². The molecule has 0 bridgehead atoms. The van der Waals surface area contributed by atoms with Crippen molar-refractivity contribution in [1.82, 2.24) is 21.1 Å². The summed E-state index contributed by atoms with van der Waals surface area (Å²) in [6.07, 6.45) is 3.93. The summed E-state index contributed by atoms with van der Waals surface area (Å²) in [7, 11) is 0. The largest absolute Gasteiger partial charge is 0.350 e. The predicted molar refractivity (Wildman–Crippen MR) is 116 cm³/mol. The number of hydroxylamine groups is 1. The van der Waals surface area contributed by atoms with E-state index in [-0.39, 0.29) is 24.8 Å². The van der Waals surface area contributed by atoms with Crippen LogP contribution < -0.4 is 16.1 Å². The van der Waals surface area contributed by atoms with Gasteiger partial charge in [-0.15, -0.1) is 0 Å². The number of pyridine rings is 1. The maximum Gasteiger partial charge on any atom is 0.244 e. The van der Waals surface area contributed by atoms with Crippen molar-refractivity contribution in [2.24, 2.45) is 11.8 Å². The van der Waals surface area contributed by atoms with Crippen LogP contribution in [0, 0.1) is 11.8 Å². The predicted octanol–water partition coefficient (Wildman–Crippen LogP) is 1.98. The standard InChI is InChI=1S/C23H30N4O4/c1-16(2)11-19(13-21(28)27-31)22(29)26-20(12-17-7-4-3-5-8-17)23(30)25-15-18-9-6-10-24-14-18/h3-10,14,16,19-20,31H,11-13,15H2,1-2H3,(H,25,30)(H,26,29)(H,27,28). The maximum absolute atomic E-state index is 12.9. The van der Waals surface area contributed by atoms with Gasteiger partial charge in [-0.05, 0) is 29.5 Å². The summed E-state index contributed by atoms with van der Waals surface area (Å²) >= 11 is 0. The molecule has 0 aliphatic carbocycles. The van der Waals surface area contributed by atoms with E-state index in [0.29, 0.717) is 12.8 Å². The molecule has 0 radical (unpaired) electrons. The minimum atomic E-state index is -0.807. The van der Waals surface area contributed by atoms with Crippen molar-refractivity contribution in [2.45, 2.75) is 45.7 Å². The number of carbonyl (C=O) groups excluding carboxylic acids is 3. The van der Waals surface area contributed by atoms with Crippen LogP contribution in [-0.2, 0) is 27.3 Å². The molecule has 0 saturated heterocycles. The second kappa shape index (κ2) is 12.4. The average molecular weight is 427 g/mol. The Hall–Kier alpha value is -3.26. The molecule has 166 valence electrons. The van der Waals surface area contributed by atoms with E-state index < -0.39 is 23.8 Å². The molecular weight excluding hydrogens is 396 g/mol. The molecule has 1 heterocycles. The zero-order valence-electron chi connectivity index (χ0n) is 17.9. The lowest BCUT2D eigenvalue weighted by Crippen LogP contribution is -2.50. The normalized spacial score (nSPS) is 12.6. The van der Waals surface area contributed by atoms with Crippen molar-refractivity contribution in [3.05, 3.63) is 66.0 Å². The number of nitrogens with zero attached hydrogens (tertiary/aromatic N) is 1. The van der Waals surface area contributed by atoms with E-state index in [9.17, 15) is 14.4 Å². The number of benzene rings is 1.